The van der Waals surface area contributed by atoms with Crippen LogP contribution in [0.2, 0.25) is 0 Å². The Morgan fingerprint density at radius 1 is 1.00 bits per heavy atom. The highest BCUT2D eigenvalue weighted by Crippen LogP contribution is 2.28. The van der Waals surface area contributed by atoms with E-state index in [0.29, 0.717) is 5.56 Å². The van der Waals surface area contributed by atoms with Gasteiger partial charge in [-0.2, -0.15) is 0 Å². The van der Waals surface area contributed by atoms with E-state index in [4.69, 9.17) is 0 Å². The Morgan fingerprint density at radius 2 is 1.72 bits per heavy atom. The van der Waals surface area contributed by atoms with Gasteiger partial charge >= 0.3 is 0 Å². The van der Waals surface area contributed by atoms with Gasteiger partial charge in [-0.15, -0.1) is 0 Å². The quantitative estimate of drug-likeness (QED) is 0.887. The predicted molar refractivity (Wildman–Crippen MR) is 64.1 cm³/mol. The molecule has 1 aromatic heterocycles. The second kappa shape index (κ2) is 4.82. The first-order valence-corrected chi connectivity index (χ1v) is 5.55. The zero-order valence-electron chi connectivity index (χ0n) is 10.1. The summed E-state index contributed by atoms with van der Waals surface area (Å²) in [6.07, 6.45) is 1.89. The Kier molecular flexibility index (Phi) is 3.39. The van der Waals surface area contributed by atoms with Crippen LogP contribution in [0.1, 0.15) is 28.4 Å². The molecule has 0 fully saturated rings. The third kappa shape index (κ3) is 2.11. The van der Waals surface area contributed by atoms with Crippen LogP contribution in [-0.2, 0) is 0 Å². The highest BCUT2D eigenvalue weighted by Gasteiger charge is 2.20. The van der Waals surface area contributed by atoms with Crippen molar-refractivity contribution >= 4 is 0 Å². The van der Waals surface area contributed by atoms with Crippen molar-refractivity contribution in [3.05, 3.63) is 64.5 Å². The van der Waals surface area contributed by atoms with Crippen molar-refractivity contribution in [2.75, 3.05) is 0 Å². The number of aliphatic hydroxyl groups excluding tert-OH is 1. The molecule has 0 aliphatic rings. The van der Waals surface area contributed by atoms with E-state index < -0.39 is 17.7 Å². The molecule has 1 atom stereocenters. The minimum absolute atomic E-state index is 0.0626. The normalized spacial score (nSPS) is 12.5. The zero-order valence-corrected chi connectivity index (χ0v) is 10.1. The van der Waals surface area contributed by atoms with E-state index in [-0.39, 0.29) is 11.1 Å². The standard InChI is InChI=1S/C14H13F2NO/c1-8-3-4-11(13(16)12(8)15)14(18)10-5-6-17-7-9(10)2/h3-7,14,18H,1-2H3. The van der Waals surface area contributed by atoms with Crippen LogP contribution in [0.15, 0.2) is 30.6 Å². The fraction of sp³-hybridized carbons (Fsp3) is 0.214. The maximum atomic E-state index is 13.8. The minimum Gasteiger partial charge on any atom is -0.384 e. The van der Waals surface area contributed by atoms with Crippen LogP contribution in [-0.4, -0.2) is 10.1 Å². The van der Waals surface area contributed by atoms with Crippen molar-refractivity contribution in [3.8, 4) is 0 Å². The molecule has 0 aliphatic carbocycles. The first-order valence-electron chi connectivity index (χ1n) is 5.55. The number of halogens is 2. The fourth-order valence-corrected chi connectivity index (χ4v) is 1.83. The van der Waals surface area contributed by atoms with Crippen LogP contribution in [0.25, 0.3) is 0 Å². The van der Waals surface area contributed by atoms with Gasteiger partial charge in [0.2, 0.25) is 0 Å². The molecule has 0 radical (unpaired) electrons. The van der Waals surface area contributed by atoms with Gasteiger partial charge in [-0.05, 0) is 36.6 Å². The van der Waals surface area contributed by atoms with Crippen molar-refractivity contribution in [2.45, 2.75) is 20.0 Å². The maximum absolute atomic E-state index is 13.8. The topological polar surface area (TPSA) is 33.1 Å². The van der Waals surface area contributed by atoms with Gasteiger partial charge in [-0.1, -0.05) is 12.1 Å². The summed E-state index contributed by atoms with van der Waals surface area (Å²) in [6, 6.07) is 4.45. The summed E-state index contributed by atoms with van der Waals surface area (Å²) in [5.41, 5.74) is 1.40. The predicted octanol–water partition coefficient (Wildman–Crippen LogP) is 3.06. The lowest BCUT2D eigenvalue weighted by molar-refractivity contribution is 0.212. The lowest BCUT2D eigenvalue weighted by atomic mass is 9.97. The molecule has 0 aliphatic heterocycles. The van der Waals surface area contributed by atoms with Gasteiger partial charge in [0.15, 0.2) is 11.6 Å². The monoisotopic (exact) mass is 249 g/mol. The first-order chi connectivity index (χ1) is 8.52. The smallest absolute Gasteiger partial charge is 0.165 e. The molecule has 1 unspecified atom stereocenters. The van der Waals surface area contributed by atoms with Crippen LogP contribution < -0.4 is 0 Å². The fourth-order valence-electron chi connectivity index (χ4n) is 1.83. The van der Waals surface area contributed by atoms with E-state index in [2.05, 4.69) is 4.98 Å². The molecular formula is C14H13F2NO. The number of pyridine rings is 1. The van der Waals surface area contributed by atoms with Gasteiger partial charge in [0.05, 0.1) is 0 Å². The molecular weight excluding hydrogens is 236 g/mol. The molecule has 4 heteroatoms. The second-order valence-corrected chi connectivity index (χ2v) is 4.23. The van der Waals surface area contributed by atoms with Gasteiger partial charge < -0.3 is 5.11 Å². The highest BCUT2D eigenvalue weighted by molar-refractivity contribution is 5.36. The summed E-state index contributed by atoms with van der Waals surface area (Å²) in [5.74, 6) is -1.92. The lowest BCUT2D eigenvalue weighted by Gasteiger charge is -2.15. The number of aromatic nitrogens is 1. The largest absolute Gasteiger partial charge is 0.384 e. The van der Waals surface area contributed by atoms with E-state index >= 15 is 0 Å². The molecule has 1 aromatic carbocycles. The van der Waals surface area contributed by atoms with Crippen molar-refractivity contribution in [2.24, 2.45) is 0 Å². The van der Waals surface area contributed by atoms with Crippen molar-refractivity contribution in [1.82, 2.24) is 4.98 Å². The zero-order chi connectivity index (χ0) is 13.3. The molecule has 94 valence electrons. The molecule has 1 N–H and O–H groups in total. The van der Waals surface area contributed by atoms with E-state index in [0.717, 1.165) is 5.56 Å². The number of rotatable bonds is 2. The number of aliphatic hydroxyl groups is 1. The Bertz CT molecular complexity index is 584. The molecule has 0 saturated carbocycles. The lowest BCUT2D eigenvalue weighted by Crippen LogP contribution is -2.07. The van der Waals surface area contributed by atoms with Crippen LogP contribution in [0.4, 0.5) is 8.78 Å². The number of aryl methyl sites for hydroxylation is 2. The molecule has 1 heterocycles. The molecule has 0 spiro atoms. The maximum Gasteiger partial charge on any atom is 0.165 e. The van der Waals surface area contributed by atoms with E-state index in [9.17, 15) is 13.9 Å². The molecule has 2 aromatic rings. The Morgan fingerprint density at radius 3 is 2.39 bits per heavy atom. The van der Waals surface area contributed by atoms with E-state index in [1.54, 1.807) is 19.2 Å². The first kappa shape index (κ1) is 12.6. The van der Waals surface area contributed by atoms with E-state index in [1.165, 1.54) is 25.3 Å². The Labute approximate surface area is 104 Å². The SMILES string of the molecule is Cc1cnccc1C(O)c1ccc(C)c(F)c1F. The van der Waals surface area contributed by atoms with Crippen LogP contribution in [0, 0.1) is 25.5 Å². The van der Waals surface area contributed by atoms with Gasteiger partial charge in [-0.25, -0.2) is 8.78 Å². The highest BCUT2D eigenvalue weighted by atomic mass is 19.2. The van der Waals surface area contributed by atoms with Gasteiger partial charge in [0.25, 0.3) is 0 Å². The van der Waals surface area contributed by atoms with Crippen LogP contribution >= 0.6 is 0 Å². The molecule has 18 heavy (non-hydrogen) atoms. The molecule has 0 amide bonds. The number of hydrogen-bond donors (Lipinski definition) is 1. The van der Waals surface area contributed by atoms with Crippen molar-refractivity contribution < 1.29 is 13.9 Å². The minimum atomic E-state index is -1.19. The average Bonchev–Trinajstić information content (AvgIpc) is 2.36. The summed E-state index contributed by atoms with van der Waals surface area (Å²) in [4.78, 5) is 3.90. The third-order valence-corrected chi connectivity index (χ3v) is 2.96. The number of hydrogen-bond acceptors (Lipinski definition) is 2. The van der Waals surface area contributed by atoms with Gasteiger partial charge in [0, 0.05) is 18.0 Å². The Balaban J connectivity index is 2.50. The van der Waals surface area contributed by atoms with Crippen LogP contribution in [0.3, 0.4) is 0 Å². The summed E-state index contributed by atoms with van der Waals surface area (Å²) in [6.45, 7) is 3.24. The summed E-state index contributed by atoms with van der Waals surface area (Å²) < 4.78 is 27.2. The molecule has 0 bridgehead atoms. The summed E-state index contributed by atoms with van der Waals surface area (Å²) >= 11 is 0. The molecule has 0 saturated heterocycles. The van der Waals surface area contributed by atoms with Gasteiger partial charge in [-0.3, -0.25) is 4.98 Å². The second-order valence-electron chi connectivity index (χ2n) is 4.23. The average molecular weight is 249 g/mol. The summed E-state index contributed by atoms with van der Waals surface area (Å²) in [5, 5.41) is 10.1. The van der Waals surface area contributed by atoms with E-state index in [1.807, 2.05) is 0 Å². The summed E-state index contributed by atoms with van der Waals surface area (Å²) in [7, 11) is 0. The van der Waals surface area contributed by atoms with Crippen LogP contribution in [0.5, 0.6) is 0 Å². The molecule has 2 rings (SSSR count). The Hall–Kier alpha value is -1.81. The number of nitrogens with zero attached hydrogens (tertiary/aromatic N) is 1. The van der Waals surface area contributed by atoms with Crippen molar-refractivity contribution in [1.29, 1.82) is 0 Å². The third-order valence-electron chi connectivity index (χ3n) is 2.96. The van der Waals surface area contributed by atoms with Crippen molar-refractivity contribution in [3.63, 3.8) is 0 Å². The number of benzene rings is 1. The van der Waals surface area contributed by atoms with Gasteiger partial charge in [0.1, 0.15) is 6.10 Å². The molecule has 2 nitrogen and oxygen atoms in total.